The summed E-state index contributed by atoms with van der Waals surface area (Å²) in [5.41, 5.74) is 6.81. The molecule has 6 heteroatoms. The maximum Gasteiger partial charge on any atom is 0.231 e. The Morgan fingerprint density at radius 1 is 1.24 bits per heavy atom. The van der Waals surface area contributed by atoms with Gasteiger partial charge in [-0.25, -0.2) is 4.39 Å². The summed E-state index contributed by atoms with van der Waals surface area (Å²) in [6.45, 7) is 0. The van der Waals surface area contributed by atoms with Crippen molar-refractivity contribution in [3.8, 4) is 11.4 Å². The Balaban J connectivity index is 1.90. The molecule has 2 unspecified atom stereocenters. The highest BCUT2D eigenvalue weighted by molar-refractivity contribution is 9.10. The molecule has 0 amide bonds. The monoisotopic (exact) mass is 353 g/mol. The Hall–Kier alpha value is -1.27. The SMILES string of the molecule is NC1CCCCCC1c1nc(-c2cc(F)ccc2Br)no1. The molecule has 0 bridgehead atoms. The molecule has 0 aliphatic heterocycles. The summed E-state index contributed by atoms with van der Waals surface area (Å²) < 4.78 is 19.5. The van der Waals surface area contributed by atoms with E-state index in [1.807, 2.05) is 0 Å². The van der Waals surface area contributed by atoms with Crippen LogP contribution >= 0.6 is 15.9 Å². The third-order valence-electron chi connectivity index (χ3n) is 4.00. The van der Waals surface area contributed by atoms with Gasteiger partial charge in [-0.3, -0.25) is 0 Å². The van der Waals surface area contributed by atoms with Crippen LogP contribution in [-0.4, -0.2) is 16.2 Å². The number of nitrogens with zero attached hydrogens (tertiary/aromatic N) is 2. The normalized spacial score (nSPS) is 23.0. The van der Waals surface area contributed by atoms with Gasteiger partial charge in [-0.2, -0.15) is 4.98 Å². The van der Waals surface area contributed by atoms with Crippen molar-refractivity contribution in [1.29, 1.82) is 0 Å². The van der Waals surface area contributed by atoms with E-state index in [9.17, 15) is 4.39 Å². The standard InChI is InChI=1S/C15H17BrFN3O/c16-12-7-6-9(17)8-11(12)14-19-15(21-20-14)10-4-2-1-3-5-13(10)18/h6-8,10,13H,1-5,18H2. The lowest BCUT2D eigenvalue weighted by molar-refractivity contribution is 0.326. The number of rotatable bonds is 2. The first-order valence-corrected chi connectivity index (χ1v) is 7.99. The minimum atomic E-state index is -0.328. The molecule has 3 rings (SSSR count). The first-order valence-electron chi connectivity index (χ1n) is 7.20. The second kappa shape index (κ2) is 6.23. The quantitative estimate of drug-likeness (QED) is 0.828. The summed E-state index contributed by atoms with van der Waals surface area (Å²) in [6, 6.07) is 4.47. The van der Waals surface area contributed by atoms with Gasteiger partial charge in [0, 0.05) is 16.1 Å². The van der Waals surface area contributed by atoms with Gasteiger partial charge in [0.1, 0.15) is 5.82 Å². The molecular formula is C15H17BrFN3O. The van der Waals surface area contributed by atoms with Crippen molar-refractivity contribution in [2.45, 2.75) is 44.1 Å². The lowest BCUT2D eigenvalue weighted by Crippen LogP contribution is -2.27. The Morgan fingerprint density at radius 3 is 2.90 bits per heavy atom. The van der Waals surface area contributed by atoms with Gasteiger partial charge in [0.25, 0.3) is 0 Å². The van der Waals surface area contributed by atoms with E-state index >= 15 is 0 Å². The highest BCUT2D eigenvalue weighted by atomic mass is 79.9. The molecule has 0 radical (unpaired) electrons. The van der Waals surface area contributed by atoms with Crippen LogP contribution in [0, 0.1) is 5.82 Å². The zero-order valence-electron chi connectivity index (χ0n) is 11.6. The van der Waals surface area contributed by atoms with Crippen molar-refractivity contribution in [2.24, 2.45) is 5.73 Å². The van der Waals surface area contributed by atoms with Crippen LogP contribution in [0.25, 0.3) is 11.4 Å². The molecule has 1 aromatic heterocycles. The van der Waals surface area contributed by atoms with E-state index < -0.39 is 0 Å². The first-order chi connectivity index (χ1) is 10.1. The van der Waals surface area contributed by atoms with Crippen LogP contribution in [0.15, 0.2) is 27.2 Å². The topological polar surface area (TPSA) is 64.9 Å². The van der Waals surface area contributed by atoms with E-state index in [2.05, 4.69) is 26.1 Å². The van der Waals surface area contributed by atoms with E-state index in [0.29, 0.717) is 17.3 Å². The largest absolute Gasteiger partial charge is 0.339 e. The Morgan fingerprint density at radius 2 is 2.05 bits per heavy atom. The molecule has 1 fully saturated rings. The van der Waals surface area contributed by atoms with Crippen LogP contribution in [0.1, 0.15) is 43.9 Å². The van der Waals surface area contributed by atoms with E-state index in [0.717, 1.165) is 30.2 Å². The van der Waals surface area contributed by atoms with Gasteiger partial charge >= 0.3 is 0 Å². The molecule has 1 aliphatic rings. The number of aromatic nitrogens is 2. The number of halogens is 2. The van der Waals surface area contributed by atoms with E-state index in [1.54, 1.807) is 6.07 Å². The van der Waals surface area contributed by atoms with Crippen LogP contribution in [-0.2, 0) is 0 Å². The van der Waals surface area contributed by atoms with Crippen LogP contribution in [0.4, 0.5) is 4.39 Å². The smallest absolute Gasteiger partial charge is 0.231 e. The molecule has 4 nitrogen and oxygen atoms in total. The highest BCUT2D eigenvalue weighted by Gasteiger charge is 2.27. The van der Waals surface area contributed by atoms with E-state index in [1.165, 1.54) is 18.6 Å². The van der Waals surface area contributed by atoms with Crippen LogP contribution in [0.5, 0.6) is 0 Å². The predicted molar refractivity (Wildman–Crippen MR) is 81.2 cm³/mol. The van der Waals surface area contributed by atoms with Crippen molar-refractivity contribution >= 4 is 15.9 Å². The summed E-state index contributed by atoms with van der Waals surface area (Å²) in [5, 5.41) is 3.99. The molecule has 2 N–H and O–H groups in total. The first kappa shape index (κ1) is 14.7. The molecule has 112 valence electrons. The number of benzene rings is 1. The number of hydrogen-bond acceptors (Lipinski definition) is 4. The molecule has 21 heavy (non-hydrogen) atoms. The fourth-order valence-electron chi connectivity index (χ4n) is 2.81. The second-order valence-electron chi connectivity index (χ2n) is 5.49. The summed E-state index contributed by atoms with van der Waals surface area (Å²) in [7, 11) is 0. The van der Waals surface area contributed by atoms with Crippen molar-refractivity contribution in [2.75, 3.05) is 0 Å². The maximum atomic E-state index is 13.4. The lowest BCUT2D eigenvalue weighted by atomic mass is 9.95. The summed E-state index contributed by atoms with van der Waals surface area (Å²) in [4.78, 5) is 4.44. The molecule has 0 saturated heterocycles. The van der Waals surface area contributed by atoms with Crippen LogP contribution in [0.2, 0.25) is 0 Å². The summed E-state index contributed by atoms with van der Waals surface area (Å²) >= 11 is 3.38. The minimum absolute atomic E-state index is 0.0525. The molecule has 1 aliphatic carbocycles. The van der Waals surface area contributed by atoms with Crippen molar-refractivity contribution in [3.05, 3.63) is 34.4 Å². The number of hydrogen-bond donors (Lipinski definition) is 1. The fourth-order valence-corrected chi connectivity index (χ4v) is 3.23. The predicted octanol–water partition coefficient (Wildman–Crippen LogP) is 4.01. The second-order valence-corrected chi connectivity index (χ2v) is 6.34. The molecule has 2 aromatic rings. The van der Waals surface area contributed by atoms with Crippen molar-refractivity contribution in [3.63, 3.8) is 0 Å². The molecule has 1 heterocycles. The van der Waals surface area contributed by atoms with E-state index in [4.69, 9.17) is 10.3 Å². The summed E-state index contributed by atoms with van der Waals surface area (Å²) in [6.07, 6.45) is 5.41. The van der Waals surface area contributed by atoms with Gasteiger partial charge in [0.15, 0.2) is 0 Å². The fraction of sp³-hybridized carbons (Fsp3) is 0.467. The van der Waals surface area contributed by atoms with Gasteiger partial charge in [0.05, 0.1) is 5.92 Å². The minimum Gasteiger partial charge on any atom is -0.339 e. The lowest BCUT2D eigenvalue weighted by Gasteiger charge is -2.16. The maximum absolute atomic E-state index is 13.4. The van der Waals surface area contributed by atoms with Gasteiger partial charge in [0.2, 0.25) is 11.7 Å². The zero-order valence-corrected chi connectivity index (χ0v) is 13.1. The average molecular weight is 354 g/mol. The van der Waals surface area contributed by atoms with Crippen LogP contribution < -0.4 is 5.73 Å². The van der Waals surface area contributed by atoms with E-state index in [-0.39, 0.29) is 17.8 Å². The Bertz CT molecular complexity index is 631. The van der Waals surface area contributed by atoms with Gasteiger partial charge < -0.3 is 10.3 Å². The number of nitrogens with two attached hydrogens (primary N) is 1. The molecule has 1 aromatic carbocycles. The molecule has 2 atom stereocenters. The third-order valence-corrected chi connectivity index (χ3v) is 4.69. The highest BCUT2D eigenvalue weighted by Crippen LogP contribution is 2.32. The molecule has 1 saturated carbocycles. The van der Waals surface area contributed by atoms with Crippen molar-refractivity contribution < 1.29 is 8.91 Å². The Labute approximate surface area is 131 Å². The molecule has 0 spiro atoms. The third kappa shape index (κ3) is 3.16. The summed E-state index contributed by atoms with van der Waals surface area (Å²) in [5.74, 6) is 0.732. The zero-order chi connectivity index (χ0) is 14.8. The van der Waals surface area contributed by atoms with Gasteiger partial charge in [-0.1, -0.05) is 40.3 Å². The Kier molecular flexibility index (Phi) is 4.35. The van der Waals surface area contributed by atoms with Crippen molar-refractivity contribution in [1.82, 2.24) is 10.1 Å². The molecular weight excluding hydrogens is 337 g/mol. The van der Waals surface area contributed by atoms with Crippen LogP contribution in [0.3, 0.4) is 0 Å². The average Bonchev–Trinajstić information content (AvgIpc) is 2.84. The van der Waals surface area contributed by atoms with Gasteiger partial charge in [-0.15, -0.1) is 0 Å². The van der Waals surface area contributed by atoms with Gasteiger partial charge in [-0.05, 0) is 31.0 Å².